The first kappa shape index (κ1) is 18.5. The van der Waals surface area contributed by atoms with Gasteiger partial charge in [-0.1, -0.05) is 11.6 Å². The topological polar surface area (TPSA) is 90.7 Å². The van der Waals surface area contributed by atoms with Crippen LogP contribution in [-0.4, -0.2) is 42.2 Å². The maximum Gasteiger partial charge on any atom is 0.298 e. The molecule has 8 heteroatoms. The van der Waals surface area contributed by atoms with Crippen LogP contribution in [0.4, 0.5) is 0 Å². The molecule has 0 radical (unpaired) electrons. The number of rotatable bonds is 5. The van der Waals surface area contributed by atoms with E-state index in [1.807, 2.05) is 25.1 Å². The molecule has 1 N–H and O–H groups in total. The highest BCUT2D eigenvalue weighted by molar-refractivity contribution is 6.04. The Hall–Kier alpha value is -3.81. The number of nitrogens with one attached hydrogen (secondary N) is 1. The number of fused-ring (bicyclic) bond motifs is 3. The first-order valence-corrected chi connectivity index (χ1v) is 8.89. The fourth-order valence-electron chi connectivity index (χ4n) is 3.25. The Morgan fingerprint density at radius 3 is 2.45 bits per heavy atom. The van der Waals surface area contributed by atoms with Crippen LogP contribution in [-0.2, 0) is 0 Å². The number of nitrogens with zero attached hydrogens (tertiary/aromatic N) is 3. The Morgan fingerprint density at radius 1 is 1.07 bits per heavy atom. The van der Waals surface area contributed by atoms with Crippen LogP contribution in [0.25, 0.3) is 21.9 Å². The summed E-state index contributed by atoms with van der Waals surface area (Å²) >= 11 is 0. The Kier molecular flexibility index (Phi) is 4.67. The van der Waals surface area contributed by atoms with Crippen molar-refractivity contribution in [2.75, 3.05) is 21.3 Å². The first-order valence-electron chi connectivity index (χ1n) is 8.89. The number of benzene rings is 2. The minimum Gasteiger partial charge on any atom is -0.493 e. The molecular weight excluding hydrogens is 372 g/mol. The molecule has 0 aliphatic rings. The van der Waals surface area contributed by atoms with Crippen molar-refractivity contribution in [1.82, 2.24) is 14.6 Å². The number of aromatic nitrogens is 3. The fourth-order valence-corrected chi connectivity index (χ4v) is 3.25. The molecule has 4 rings (SSSR count). The maximum absolute atomic E-state index is 12.9. The minimum absolute atomic E-state index is 0.285. The number of H-pyrrole nitrogens is 1. The van der Waals surface area contributed by atoms with Gasteiger partial charge in [-0.15, -0.1) is 0 Å². The molecule has 0 spiro atoms. The Bertz CT molecular complexity index is 1280. The lowest BCUT2D eigenvalue weighted by Gasteiger charge is -2.12. The Labute approximate surface area is 166 Å². The van der Waals surface area contributed by atoms with Gasteiger partial charge in [0.1, 0.15) is 17.4 Å². The van der Waals surface area contributed by atoms with E-state index in [-0.39, 0.29) is 5.56 Å². The number of aromatic amines is 1. The highest BCUT2D eigenvalue weighted by atomic mass is 16.5. The van der Waals surface area contributed by atoms with Gasteiger partial charge in [0, 0.05) is 16.5 Å². The summed E-state index contributed by atoms with van der Waals surface area (Å²) in [6, 6.07) is 9.42. The second-order valence-corrected chi connectivity index (χ2v) is 6.50. The molecule has 0 unspecified atom stereocenters. The SMILES string of the molecule is COc1cc(/C=N\n2cnc3c([nH]c4ccc(C)cc43)c2=O)cc(OC)c1OC. The van der Waals surface area contributed by atoms with Crippen LogP contribution < -0.4 is 19.8 Å². The number of methoxy groups -OCH3 is 3. The molecule has 4 aromatic rings. The zero-order chi connectivity index (χ0) is 20.5. The van der Waals surface area contributed by atoms with E-state index in [0.717, 1.165) is 16.5 Å². The van der Waals surface area contributed by atoms with Crippen LogP contribution >= 0.6 is 0 Å². The molecule has 2 aromatic heterocycles. The molecule has 0 saturated heterocycles. The lowest BCUT2D eigenvalue weighted by Crippen LogP contribution is -2.17. The van der Waals surface area contributed by atoms with Crippen LogP contribution in [0, 0.1) is 6.92 Å². The van der Waals surface area contributed by atoms with Gasteiger partial charge in [0.15, 0.2) is 11.5 Å². The standard InChI is InChI=1S/C21H20N4O4/c1-12-5-6-15-14(7-12)18-19(24-15)21(26)25(11-22-18)23-10-13-8-16(27-2)20(29-4)17(9-13)28-3/h5-11,24H,1-4H3/b23-10-. The summed E-state index contributed by atoms with van der Waals surface area (Å²) in [6.07, 6.45) is 2.95. The van der Waals surface area contributed by atoms with E-state index in [0.29, 0.717) is 33.8 Å². The Balaban J connectivity index is 1.78. The number of hydrogen-bond donors (Lipinski definition) is 1. The highest BCUT2D eigenvalue weighted by Gasteiger charge is 2.13. The Morgan fingerprint density at radius 2 is 1.79 bits per heavy atom. The molecule has 0 amide bonds. The van der Waals surface area contributed by atoms with Gasteiger partial charge in [-0.05, 0) is 31.2 Å². The molecule has 2 aromatic carbocycles. The van der Waals surface area contributed by atoms with Crippen LogP contribution in [0.5, 0.6) is 17.2 Å². The average Bonchev–Trinajstić information content (AvgIpc) is 3.11. The zero-order valence-corrected chi connectivity index (χ0v) is 16.5. The second kappa shape index (κ2) is 7.31. The van der Waals surface area contributed by atoms with Crippen molar-refractivity contribution in [2.45, 2.75) is 6.92 Å². The van der Waals surface area contributed by atoms with Gasteiger partial charge in [-0.2, -0.15) is 9.78 Å². The molecule has 0 aliphatic heterocycles. The summed E-state index contributed by atoms with van der Waals surface area (Å²) in [4.78, 5) is 20.4. The lowest BCUT2D eigenvalue weighted by molar-refractivity contribution is 0.324. The molecule has 0 atom stereocenters. The fraction of sp³-hybridized carbons (Fsp3) is 0.190. The summed E-state index contributed by atoms with van der Waals surface area (Å²) in [5.41, 5.74) is 3.40. The van der Waals surface area contributed by atoms with E-state index in [4.69, 9.17) is 14.2 Å². The van der Waals surface area contributed by atoms with Gasteiger partial charge in [-0.25, -0.2) is 4.98 Å². The molecule has 0 fully saturated rings. The quantitative estimate of drug-likeness (QED) is 0.527. The van der Waals surface area contributed by atoms with Gasteiger partial charge in [0.05, 0.1) is 27.5 Å². The minimum atomic E-state index is -0.285. The van der Waals surface area contributed by atoms with Crippen molar-refractivity contribution in [3.63, 3.8) is 0 Å². The summed E-state index contributed by atoms with van der Waals surface area (Å²) in [5.74, 6) is 1.49. The molecule has 148 valence electrons. The predicted octanol–water partition coefficient (Wildman–Crippen LogP) is 3.09. The third kappa shape index (κ3) is 3.18. The van der Waals surface area contributed by atoms with Crippen molar-refractivity contribution < 1.29 is 14.2 Å². The molecule has 2 heterocycles. The van der Waals surface area contributed by atoms with Gasteiger partial charge in [0.2, 0.25) is 5.75 Å². The molecular formula is C21H20N4O4. The van der Waals surface area contributed by atoms with Crippen molar-refractivity contribution in [1.29, 1.82) is 0 Å². The van der Waals surface area contributed by atoms with Crippen LogP contribution in [0.1, 0.15) is 11.1 Å². The van der Waals surface area contributed by atoms with Gasteiger partial charge >= 0.3 is 0 Å². The lowest BCUT2D eigenvalue weighted by atomic mass is 10.2. The largest absolute Gasteiger partial charge is 0.493 e. The summed E-state index contributed by atoms with van der Waals surface area (Å²) < 4.78 is 17.2. The molecule has 0 bridgehead atoms. The normalized spacial score (nSPS) is 11.4. The molecule has 0 saturated carbocycles. The third-order valence-corrected chi connectivity index (χ3v) is 4.66. The van der Waals surface area contributed by atoms with Crippen LogP contribution in [0.15, 0.2) is 46.6 Å². The summed E-state index contributed by atoms with van der Waals surface area (Å²) in [7, 11) is 4.62. The molecule has 29 heavy (non-hydrogen) atoms. The average molecular weight is 392 g/mol. The number of aryl methyl sites for hydroxylation is 1. The van der Waals surface area contributed by atoms with E-state index in [2.05, 4.69) is 15.1 Å². The predicted molar refractivity (Wildman–Crippen MR) is 112 cm³/mol. The van der Waals surface area contributed by atoms with Crippen molar-refractivity contribution in [3.8, 4) is 17.2 Å². The smallest absolute Gasteiger partial charge is 0.298 e. The van der Waals surface area contributed by atoms with Gasteiger partial charge < -0.3 is 19.2 Å². The van der Waals surface area contributed by atoms with Crippen molar-refractivity contribution >= 4 is 28.2 Å². The van der Waals surface area contributed by atoms with Crippen LogP contribution in [0.2, 0.25) is 0 Å². The van der Waals surface area contributed by atoms with Gasteiger partial charge in [-0.3, -0.25) is 4.79 Å². The first-order chi connectivity index (χ1) is 14.0. The van der Waals surface area contributed by atoms with E-state index >= 15 is 0 Å². The summed E-state index contributed by atoms with van der Waals surface area (Å²) in [5, 5.41) is 5.18. The van der Waals surface area contributed by atoms with Crippen LogP contribution in [0.3, 0.4) is 0 Å². The number of hydrogen-bond acceptors (Lipinski definition) is 6. The third-order valence-electron chi connectivity index (χ3n) is 4.66. The van der Waals surface area contributed by atoms with Crippen molar-refractivity contribution in [3.05, 3.63) is 58.1 Å². The highest BCUT2D eigenvalue weighted by Crippen LogP contribution is 2.37. The number of ether oxygens (including phenoxy) is 3. The zero-order valence-electron chi connectivity index (χ0n) is 16.5. The van der Waals surface area contributed by atoms with Gasteiger partial charge in [0.25, 0.3) is 5.56 Å². The molecule has 8 nitrogen and oxygen atoms in total. The van der Waals surface area contributed by atoms with Crippen molar-refractivity contribution in [2.24, 2.45) is 5.10 Å². The van der Waals surface area contributed by atoms with E-state index < -0.39 is 0 Å². The second-order valence-electron chi connectivity index (χ2n) is 6.50. The van der Waals surface area contributed by atoms with E-state index in [9.17, 15) is 4.79 Å². The molecule has 0 aliphatic carbocycles. The van der Waals surface area contributed by atoms with E-state index in [1.165, 1.54) is 38.5 Å². The monoisotopic (exact) mass is 392 g/mol. The summed E-state index contributed by atoms with van der Waals surface area (Å²) in [6.45, 7) is 2.00. The maximum atomic E-state index is 12.9. The van der Waals surface area contributed by atoms with E-state index in [1.54, 1.807) is 12.1 Å².